The largest absolute Gasteiger partial charge is 0.386 e. The molecular weight excluding hydrogens is 306 g/mol. The van der Waals surface area contributed by atoms with E-state index in [9.17, 15) is 9.90 Å². The van der Waals surface area contributed by atoms with Crippen LogP contribution in [0.1, 0.15) is 18.4 Å². The van der Waals surface area contributed by atoms with Crippen molar-refractivity contribution in [1.29, 1.82) is 0 Å². The van der Waals surface area contributed by atoms with Crippen LogP contribution in [-0.2, 0) is 4.79 Å². The van der Waals surface area contributed by atoms with Crippen LogP contribution in [0.4, 0.5) is 0 Å². The van der Waals surface area contributed by atoms with Gasteiger partial charge in [-0.3, -0.25) is 4.79 Å². The topological polar surface area (TPSA) is 40.5 Å². The number of carbonyl (C=O) groups excluding carboxylic acids is 1. The molecule has 3 rings (SSSR count). The van der Waals surface area contributed by atoms with E-state index >= 15 is 0 Å². The molecule has 19 heavy (non-hydrogen) atoms. The van der Waals surface area contributed by atoms with Crippen molar-refractivity contribution >= 4 is 27.9 Å². The van der Waals surface area contributed by atoms with E-state index in [4.69, 9.17) is 0 Å². The maximum atomic E-state index is 11.9. The molecule has 2 aliphatic rings. The second-order valence-electron chi connectivity index (χ2n) is 5.46. The standard InChI is InChI=1S/C15H16BrNO2/c16-13-3-1-2-11(8-13)4-7-14(18)17-9-15(19,10-17)12-5-6-12/h1-4,7-8,12,19H,5-6,9-10H2. The van der Waals surface area contributed by atoms with Gasteiger partial charge in [0, 0.05) is 10.5 Å². The molecule has 4 heteroatoms. The van der Waals surface area contributed by atoms with Gasteiger partial charge in [0.2, 0.25) is 5.91 Å². The lowest BCUT2D eigenvalue weighted by Crippen LogP contribution is -2.64. The van der Waals surface area contributed by atoms with Crippen LogP contribution in [-0.4, -0.2) is 34.6 Å². The molecule has 2 fully saturated rings. The van der Waals surface area contributed by atoms with Crippen LogP contribution >= 0.6 is 15.9 Å². The number of rotatable bonds is 3. The van der Waals surface area contributed by atoms with E-state index in [-0.39, 0.29) is 5.91 Å². The zero-order valence-corrected chi connectivity index (χ0v) is 12.1. The molecule has 1 saturated carbocycles. The number of nitrogens with zero attached hydrogens (tertiary/aromatic N) is 1. The Labute approximate surface area is 121 Å². The fourth-order valence-corrected chi connectivity index (χ4v) is 2.95. The average molecular weight is 322 g/mol. The van der Waals surface area contributed by atoms with E-state index in [0.29, 0.717) is 19.0 Å². The van der Waals surface area contributed by atoms with Gasteiger partial charge in [-0.25, -0.2) is 0 Å². The van der Waals surface area contributed by atoms with Crippen LogP contribution in [0.15, 0.2) is 34.8 Å². The van der Waals surface area contributed by atoms with Gasteiger partial charge in [-0.2, -0.15) is 0 Å². The van der Waals surface area contributed by atoms with Gasteiger partial charge in [0.1, 0.15) is 5.60 Å². The predicted molar refractivity (Wildman–Crippen MR) is 77.4 cm³/mol. The van der Waals surface area contributed by atoms with E-state index < -0.39 is 5.60 Å². The minimum Gasteiger partial charge on any atom is -0.386 e. The second-order valence-corrected chi connectivity index (χ2v) is 6.38. The first kappa shape index (κ1) is 12.9. The van der Waals surface area contributed by atoms with Crippen molar-refractivity contribution in [2.75, 3.05) is 13.1 Å². The monoisotopic (exact) mass is 321 g/mol. The van der Waals surface area contributed by atoms with Crippen molar-refractivity contribution < 1.29 is 9.90 Å². The van der Waals surface area contributed by atoms with Gasteiger partial charge in [0.25, 0.3) is 0 Å². The third-order valence-corrected chi connectivity index (χ3v) is 4.34. The van der Waals surface area contributed by atoms with Crippen LogP contribution in [0.3, 0.4) is 0 Å². The van der Waals surface area contributed by atoms with Gasteiger partial charge < -0.3 is 10.0 Å². The molecule has 0 unspecified atom stereocenters. The van der Waals surface area contributed by atoms with Crippen LogP contribution in [0, 0.1) is 5.92 Å². The molecular formula is C15H16BrNO2. The summed E-state index contributed by atoms with van der Waals surface area (Å²) < 4.78 is 0.995. The first-order valence-electron chi connectivity index (χ1n) is 6.52. The van der Waals surface area contributed by atoms with Crippen molar-refractivity contribution in [2.24, 2.45) is 5.92 Å². The number of halogens is 1. The number of benzene rings is 1. The van der Waals surface area contributed by atoms with Gasteiger partial charge in [-0.05, 0) is 42.5 Å². The molecule has 1 aromatic rings. The SMILES string of the molecule is O=C(C=Cc1cccc(Br)c1)N1CC(O)(C2CC2)C1. The molecule has 3 nitrogen and oxygen atoms in total. The minimum atomic E-state index is -0.598. The summed E-state index contributed by atoms with van der Waals surface area (Å²) in [5, 5.41) is 10.2. The number of β-amino-alcohol motifs (C(OH)–C–C–N with tert-alkyl or cyclic N) is 1. The van der Waals surface area contributed by atoms with Gasteiger partial charge in [0.15, 0.2) is 0 Å². The average Bonchev–Trinajstić information content (AvgIpc) is 3.16. The van der Waals surface area contributed by atoms with Gasteiger partial charge in [-0.15, -0.1) is 0 Å². The van der Waals surface area contributed by atoms with Crippen LogP contribution in [0.25, 0.3) is 6.08 Å². The molecule has 100 valence electrons. The van der Waals surface area contributed by atoms with Gasteiger partial charge >= 0.3 is 0 Å². The van der Waals surface area contributed by atoms with E-state index in [1.807, 2.05) is 30.3 Å². The number of amides is 1. The number of likely N-dealkylation sites (tertiary alicyclic amines) is 1. The summed E-state index contributed by atoms with van der Waals surface area (Å²) in [5.41, 5.74) is 0.389. The van der Waals surface area contributed by atoms with Crippen molar-refractivity contribution in [2.45, 2.75) is 18.4 Å². The quantitative estimate of drug-likeness (QED) is 0.869. The first-order chi connectivity index (χ1) is 9.07. The molecule has 1 saturated heterocycles. The molecule has 1 N–H and O–H groups in total. The van der Waals surface area contributed by atoms with Gasteiger partial charge in [-0.1, -0.05) is 28.1 Å². The van der Waals surface area contributed by atoms with E-state index in [1.165, 1.54) is 0 Å². The highest BCUT2D eigenvalue weighted by molar-refractivity contribution is 9.10. The van der Waals surface area contributed by atoms with E-state index in [2.05, 4.69) is 15.9 Å². The summed E-state index contributed by atoms with van der Waals surface area (Å²) in [6.07, 6.45) is 5.59. The molecule has 0 aromatic heterocycles. The van der Waals surface area contributed by atoms with Crippen LogP contribution in [0.5, 0.6) is 0 Å². The summed E-state index contributed by atoms with van der Waals surface area (Å²) >= 11 is 3.40. The fraction of sp³-hybridized carbons (Fsp3) is 0.400. The zero-order chi connectivity index (χ0) is 13.5. The number of carbonyl (C=O) groups is 1. The Bertz CT molecular complexity index is 531. The summed E-state index contributed by atoms with van der Waals surface area (Å²) in [7, 11) is 0. The summed E-state index contributed by atoms with van der Waals surface area (Å²) in [6.45, 7) is 0.971. The molecule has 1 heterocycles. The normalized spacial score (nSPS) is 21.5. The third-order valence-electron chi connectivity index (χ3n) is 3.85. The van der Waals surface area contributed by atoms with Crippen LogP contribution in [0.2, 0.25) is 0 Å². The second kappa shape index (κ2) is 4.76. The van der Waals surface area contributed by atoms with Crippen LogP contribution < -0.4 is 0 Å². The highest BCUT2D eigenvalue weighted by Gasteiger charge is 2.52. The highest BCUT2D eigenvalue weighted by atomic mass is 79.9. The summed E-state index contributed by atoms with van der Waals surface area (Å²) in [4.78, 5) is 13.6. The number of hydrogen-bond acceptors (Lipinski definition) is 2. The Morgan fingerprint density at radius 1 is 1.42 bits per heavy atom. The minimum absolute atomic E-state index is 0.0229. The molecule has 1 aliphatic carbocycles. The lowest BCUT2D eigenvalue weighted by atomic mass is 9.88. The predicted octanol–water partition coefficient (Wildman–Crippen LogP) is 2.45. The third kappa shape index (κ3) is 2.74. The highest BCUT2D eigenvalue weighted by Crippen LogP contribution is 2.44. The Kier molecular flexibility index (Phi) is 3.23. The van der Waals surface area contributed by atoms with E-state index in [0.717, 1.165) is 22.9 Å². The Balaban J connectivity index is 1.57. The molecule has 0 spiro atoms. The zero-order valence-electron chi connectivity index (χ0n) is 10.6. The maximum absolute atomic E-state index is 11.9. The summed E-state index contributed by atoms with van der Waals surface area (Å²) in [6, 6.07) is 7.79. The molecule has 0 bridgehead atoms. The Hall–Kier alpha value is -1.13. The molecule has 0 radical (unpaired) electrons. The molecule has 0 atom stereocenters. The molecule has 1 amide bonds. The molecule has 1 aliphatic heterocycles. The van der Waals surface area contributed by atoms with E-state index in [1.54, 1.807) is 11.0 Å². The fourth-order valence-electron chi connectivity index (χ4n) is 2.53. The smallest absolute Gasteiger partial charge is 0.246 e. The van der Waals surface area contributed by atoms with Gasteiger partial charge in [0.05, 0.1) is 13.1 Å². The lowest BCUT2D eigenvalue weighted by Gasteiger charge is -2.46. The van der Waals surface area contributed by atoms with Crippen molar-refractivity contribution in [1.82, 2.24) is 4.90 Å². The maximum Gasteiger partial charge on any atom is 0.246 e. The lowest BCUT2D eigenvalue weighted by molar-refractivity contribution is -0.154. The van der Waals surface area contributed by atoms with Crippen molar-refractivity contribution in [3.63, 3.8) is 0 Å². The summed E-state index contributed by atoms with van der Waals surface area (Å²) in [5.74, 6) is 0.399. The number of hydrogen-bond donors (Lipinski definition) is 1. The Morgan fingerprint density at radius 2 is 2.16 bits per heavy atom. The van der Waals surface area contributed by atoms with Crippen molar-refractivity contribution in [3.8, 4) is 0 Å². The number of aliphatic hydroxyl groups is 1. The first-order valence-corrected chi connectivity index (χ1v) is 7.31. The molecule has 1 aromatic carbocycles. The van der Waals surface area contributed by atoms with Crippen molar-refractivity contribution in [3.05, 3.63) is 40.4 Å². The Morgan fingerprint density at radius 3 is 2.79 bits per heavy atom.